The number of aryl methyl sites for hydroxylation is 2. The SMILES string of the molecule is CCC(CCl)c1cc(C)ccc1C. The third kappa shape index (κ3) is 2.47. The van der Waals surface area contributed by atoms with Crippen LogP contribution in [0.1, 0.15) is 36.0 Å². The van der Waals surface area contributed by atoms with Crippen molar-refractivity contribution in [2.45, 2.75) is 33.1 Å². The Labute approximate surface area is 85.9 Å². The number of alkyl halides is 1. The maximum atomic E-state index is 5.93. The number of hydrogen-bond donors (Lipinski definition) is 0. The standard InChI is InChI=1S/C12H17Cl/c1-4-11(8-13)12-7-9(2)5-6-10(12)3/h5-7,11H,4,8H2,1-3H3. The third-order valence-electron chi connectivity index (χ3n) is 2.55. The summed E-state index contributed by atoms with van der Waals surface area (Å²) in [7, 11) is 0. The lowest BCUT2D eigenvalue weighted by atomic mass is 9.93. The lowest BCUT2D eigenvalue weighted by Crippen LogP contribution is -2.01. The fraction of sp³-hybridized carbons (Fsp3) is 0.500. The summed E-state index contributed by atoms with van der Waals surface area (Å²) in [6.07, 6.45) is 1.12. The minimum atomic E-state index is 0.515. The summed E-state index contributed by atoms with van der Waals surface area (Å²) in [5.74, 6) is 1.24. The van der Waals surface area contributed by atoms with Crippen molar-refractivity contribution in [3.63, 3.8) is 0 Å². The van der Waals surface area contributed by atoms with Gasteiger partial charge in [0.15, 0.2) is 0 Å². The Hall–Kier alpha value is -0.490. The van der Waals surface area contributed by atoms with Crippen molar-refractivity contribution in [2.24, 2.45) is 0 Å². The van der Waals surface area contributed by atoms with Gasteiger partial charge in [0.1, 0.15) is 0 Å². The summed E-state index contributed by atoms with van der Waals surface area (Å²) < 4.78 is 0. The predicted octanol–water partition coefficient (Wildman–Crippen LogP) is 4.04. The Morgan fingerprint density at radius 1 is 1.31 bits per heavy atom. The van der Waals surface area contributed by atoms with Crippen LogP contribution in [0, 0.1) is 13.8 Å². The second kappa shape index (κ2) is 4.66. The fourth-order valence-electron chi connectivity index (χ4n) is 1.61. The van der Waals surface area contributed by atoms with Crippen molar-refractivity contribution >= 4 is 11.6 Å². The molecule has 0 aromatic heterocycles. The van der Waals surface area contributed by atoms with E-state index in [1.807, 2.05) is 0 Å². The van der Waals surface area contributed by atoms with Crippen LogP contribution < -0.4 is 0 Å². The van der Waals surface area contributed by atoms with E-state index in [-0.39, 0.29) is 0 Å². The van der Waals surface area contributed by atoms with Crippen LogP contribution in [0.5, 0.6) is 0 Å². The van der Waals surface area contributed by atoms with Gasteiger partial charge in [0.05, 0.1) is 0 Å². The molecule has 1 rings (SSSR count). The van der Waals surface area contributed by atoms with E-state index in [1.165, 1.54) is 16.7 Å². The van der Waals surface area contributed by atoms with Crippen LogP contribution in [0.15, 0.2) is 18.2 Å². The first-order valence-corrected chi connectivity index (χ1v) is 5.35. The Kier molecular flexibility index (Phi) is 3.80. The average molecular weight is 197 g/mol. The molecule has 0 aliphatic carbocycles. The number of benzene rings is 1. The average Bonchev–Trinajstić information content (AvgIpc) is 2.13. The number of rotatable bonds is 3. The zero-order valence-corrected chi connectivity index (χ0v) is 9.36. The monoisotopic (exact) mass is 196 g/mol. The second-order valence-electron chi connectivity index (χ2n) is 3.62. The molecular weight excluding hydrogens is 180 g/mol. The normalized spacial score (nSPS) is 12.9. The Balaban J connectivity index is 3.03. The fourth-order valence-corrected chi connectivity index (χ4v) is 2.00. The lowest BCUT2D eigenvalue weighted by Gasteiger charge is -2.15. The molecule has 0 fully saturated rings. The van der Waals surface area contributed by atoms with Gasteiger partial charge in [-0.2, -0.15) is 0 Å². The van der Waals surface area contributed by atoms with Crippen molar-refractivity contribution in [1.82, 2.24) is 0 Å². The third-order valence-corrected chi connectivity index (χ3v) is 2.93. The molecule has 0 heterocycles. The van der Waals surface area contributed by atoms with Crippen LogP contribution in [0.3, 0.4) is 0 Å². The maximum absolute atomic E-state index is 5.93. The zero-order chi connectivity index (χ0) is 9.84. The van der Waals surface area contributed by atoms with Crippen LogP contribution in [0.4, 0.5) is 0 Å². The van der Waals surface area contributed by atoms with Gasteiger partial charge < -0.3 is 0 Å². The highest BCUT2D eigenvalue weighted by Crippen LogP contribution is 2.24. The van der Waals surface area contributed by atoms with Crippen LogP contribution in [0.2, 0.25) is 0 Å². The summed E-state index contributed by atoms with van der Waals surface area (Å²) in [4.78, 5) is 0. The molecule has 0 aliphatic heterocycles. The number of hydrogen-bond acceptors (Lipinski definition) is 0. The van der Waals surface area contributed by atoms with Gasteiger partial charge in [-0.15, -0.1) is 11.6 Å². The predicted molar refractivity (Wildman–Crippen MR) is 59.7 cm³/mol. The van der Waals surface area contributed by atoms with Crippen LogP contribution in [-0.4, -0.2) is 5.88 Å². The topological polar surface area (TPSA) is 0 Å². The van der Waals surface area contributed by atoms with Gasteiger partial charge in [0.2, 0.25) is 0 Å². The first-order chi connectivity index (χ1) is 6.19. The van der Waals surface area contributed by atoms with Gasteiger partial charge in [-0.3, -0.25) is 0 Å². The highest BCUT2D eigenvalue weighted by molar-refractivity contribution is 6.18. The second-order valence-corrected chi connectivity index (χ2v) is 3.93. The molecule has 0 nitrogen and oxygen atoms in total. The maximum Gasteiger partial charge on any atom is 0.0292 e. The molecule has 0 saturated heterocycles. The molecule has 0 N–H and O–H groups in total. The van der Waals surface area contributed by atoms with Crippen molar-refractivity contribution in [3.8, 4) is 0 Å². The van der Waals surface area contributed by atoms with E-state index in [9.17, 15) is 0 Å². The van der Waals surface area contributed by atoms with Gasteiger partial charge in [-0.25, -0.2) is 0 Å². The molecular formula is C12H17Cl. The molecule has 0 bridgehead atoms. The van der Waals surface area contributed by atoms with Crippen molar-refractivity contribution in [1.29, 1.82) is 0 Å². The molecule has 1 heteroatoms. The highest BCUT2D eigenvalue weighted by Gasteiger charge is 2.10. The van der Waals surface area contributed by atoms with E-state index in [1.54, 1.807) is 0 Å². The summed E-state index contributed by atoms with van der Waals surface area (Å²) >= 11 is 5.93. The molecule has 0 radical (unpaired) electrons. The van der Waals surface area contributed by atoms with E-state index in [2.05, 4.69) is 39.0 Å². The van der Waals surface area contributed by atoms with E-state index in [0.29, 0.717) is 5.92 Å². The molecule has 0 saturated carbocycles. The van der Waals surface area contributed by atoms with Crippen molar-refractivity contribution in [3.05, 3.63) is 34.9 Å². The van der Waals surface area contributed by atoms with Gasteiger partial charge >= 0.3 is 0 Å². The van der Waals surface area contributed by atoms with Gasteiger partial charge in [-0.1, -0.05) is 30.7 Å². The highest BCUT2D eigenvalue weighted by atomic mass is 35.5. The molecule has 1 atom stereocenters. The summed E-state index contributed by atoms with van der Waals surface area (Å²) in [5.41, 5.74) is 4.10. The van der Waals surface area contributed by atoms with Crippen LogP contribution >= 0.6 is 11.6 Å². The van der Waals surface area contributed by atoms with Crippen LogP contribution in [0.25, 0.3) is 0 Å². The Morgan fingerprint density at radius 2 is 2.00 bits per heavy atom. The summed E-state index contributed by atoms with van der Waals surface area (Å²) in [6, 6.07) is 6.59. The van der Waals surface area contributed by atoms with Gasteiger partial charge in [0, 0.05) is 5.88 Å². The Bertz CT molecular complexity index is 274. The minimum absolute atomic E-state index is 0.515. The van der Waals surface area contributed by atoms with E-state index >= 15 is 0 Å². The Morgan fingerprint density at radius 3 is 2.54 bits per heavy atom. The molecule has 1 unspecified atom stereocenters. The molecule has 0 aliphatic rings. The van der Waals surface area contributed by atoms with Gasteiger partial charge in [0.25, 0.3) is 0 Å². The lowest BCUT2D eigenvalue weighted by molar-refractivity contribution is 0.734. The summed E-state index contributed by atoms with van der Waals surface area (Å²) in [6.45, 7) is 6.47. The number of halogens is 1. The molecule has 1 aromatic rings. The van der Waals surface area contributed by atoms with E-state index < -0.39 is 0 Å². The van der Waals surface area contributed by atoms with E-state index in [0.717, 1.165) is 12.3 Å². The molecule has 1 aromatic carbocycles. The summed E-state index contributed by atoms with van der Waals surface area (Å²) in [5, 5.41) is 0. The quantitative estimate of drug-likeness (QED) is 0.641. The molecule has 72 valence electrons. The molecule has 0 spiro atoms. The first kappa shape index (κ1) is 10.6. The molecule has 13 heavy (non-hydrogen) atoms. The largest absolute Gasteiger partial charge is 0.126 e. The van der Waals surface area contributed by atoms with Crippen LogP contribution in [-0.2, 0) is 0 Å². The first-order valence-electron chi connectivity index (χ1n) is 4.82. The smallest absolute Gasteiger partial charge is 0.0292 e. The molecule has 0 amide bonds. The van der Waals surface area contributed by atoms with Gasteiger partial charge in [-0.05, 0) is 37.3 Å². The van der Waals surface area contributed by atoms with Crippen molar-refractivity contribution in [2.75, 3.05) is 5.88 Å². The van der Waals surface area contributed by atoms with E-state index in [4.69, 9.17) is 11.6 Å². The zero-order valence-electron chi connectivity index (χ0n) is 8.60. The minimum Gasteiger partial charge on any atom is -0.126 e. The van der Waals surface area contributed by atoms with Crippen molar-refractivity contribution < 1.29 is 0 Å².